The number of halogens is 2. The highest BCUT2D eigenvalue weighted by molar-refractivity contribution is 6.45. The van der Waals surface area contributed by atoms with E-state index in [0.717, 1.165) is 50.0 Å². The van der Waals surface area contributed by atoms with E-state index in [1.807, 2.05) is 19.2 Å². The molecule has 0 saturated carbocycles. The fourth-order valence-electron chi connectivity index (χ4n) is 7.83. The second kappa shape index (κ2) is 20.1. The standard InChI is InChI=1S/C45H48Cl2N10O6/c1-2-29-31(23-53-44(48)40(29)26-7-10-28(59)11-8-26)27-9-12-36(52-22-27)45(63)51-16-15-49-37(60)5-3-4-6-38(61)50-17-20-57-19-14-35(55-57)30-21-33(46)42(47)43-41(30)32-24-56(39(62)25-58)18-13-34(32)54-43/h7-12,14,19,21-23,54,58-59H,2-6,13,15-18,20,24-25H2,1H3,(H2,48,53)(H,49,60)(H,50,61)(H,51,63). The molecule has 0 radical (unpaired) electrons. The number of amides is 4. The molecule has 0 aliphatic carbocycles. The minimum Gasteiger partial charge on any atom is -0.508 e. The zero-order valence-electron chi connectivity index (χ0n) is 34.6. The van der Waals surface area contributed by atoms with E-state index in [4.69, 9.17) is 34.0 Å². The van der Waals surface area contributed by atoms with Crippen LogP contribution >= 0.6 is 23.2 Å². The van der Waals surface area contributed by atoms with E-state index >= 15 is 0 Å². The van der Waals surface area contributed by atoms with Crippen LogP contribution in [-0.4, -0.2) is 96.3 Å². The van der Waals surface area contributed by atoms with Crippen LogP contribution in [0.1, 0.15) is 59.9 Å². The van der Waals surface area contributed by atoms with E-state index < -0.39 is 6.61 Å². The highest BCUT2D eigenvalue weighted by Gasteiger charge is 2.27. The SMILES string of the molecule is CCc1c(-c2ccc(C(=O)NCCNC(=O)CCCCC(=O)NCCn3ccc(-c4cc(Cl)c(Cl)c5[nH]c6c(c45)CN(C(=O)CO)CC6)n3)nc2)cnc(N)c1-c1ccc(O)cc1. The van der Waals surface area contributed by atoms with Crippen LogP contribution in [0.25, 0.3) is 44.4 Å². The molecule has 2 aromatic carbocycles. The van der Waals surface area contributed by atoms with Crippen LogP contribution in [0.2, 0.25) is 10.0 Å². The first kappa shape index (κ1) is 44.6. The summed E-state index contributed by atoms with van der Waals surface area (Å²) in [6, 6.07) is 13.8. The van der Waals surface area contributed by atoms with Gasteiger partial charge in [0.2, 0.25) is 17.7 Å². The van der Waals surface area contributed by atoms with Crippen LogP contribution in [0.4, 0.5) is 5.82 Å². The van der Waals surface area contributed by atoms with Gasteiger partial charge in [0.25, 0.3) is 5.91 Å². The lowest BCUT2D eigenvalue weighted by atomic mass is 9.92. The Morgan fingerprint density at radius 3 is 2.30 bits per heavy atom. The van der Waals surface area contributed by atoms with Crippen molar-refractivity contribution < 1.29 is 29.4 Å². The van der Waals surface area contributed by atoms with E-state index in [-0.39, 0.29) is 61.0 Å². The number of benzene rings is 2. The van der Waals surface area contributed by atoms with Gasteiger partial charge in [-0.05, 0) is 60.7 Å². The summed E-state index contributed by atoms with van der Waals surface area (Å²) < 4.78 is 1.72. The first-order chi connectivity index (χ1) is 30.4. The number of aliphatic hydroxyl groups is 1. The van der Waals surface area contributed by atoms with Crippen molar-refractivity contribution in [2.24, 2.45) is 0 Å². The number of rotatable bonds is 17. The molecular formula is C45H48Cl2N10O6. The van der Waals surface area contributed by atoms with Gasteiger partial charge in [0.05, 0.1) is 27.8 Å². The van der Waals surface area contributed by atoms with Crippen LogP contribution in [0, 0.1) is 0 Å². The van der Waals surface area contributed by atoms with Crippen LogP contribution in [0.15, 0.2) is 67.1 Å². The smallest absolute Gasteiger partial charge is 0.269 e. The van der Waals surface area contributed by atoms with E-state index in [2.05, 4.69) is 30.9 Å². The number of nitrogen functional groups attached to an aromatic ring is 1. The van der Waals surface area contributed by atoms with Crippen molar-refractivity contribution in [3.63, 3.8) is 0 Å². The molecule has 0 fully saturated rings. The van der Waals surface area contributed by atoms with Gasteiger partial charge < -0.3 is 41.8 Å². The summed E-state index contributed by atoms with van der Waals surface area (Å²) in [6.45, 7) is 3.49. The Kier molecular flexibility index (Phi) is 14.2. The number of hydrogen-bond acceptors (Lipinski definition) is 10. The Bertz CT molecular complexity index is 2650. The summed E-state index contributed by atoms with van der Waals surface area (Å²) in [4.78, 5) is 63.8. The van der Waals surface area contributed by atoms with Gasteiger partial charge in [-0.15, -0.1) is 0 Å². The summed E-state index contributed by atoms with van der Waals surface area (Å²) >= 11 is 13.1. The van der Waals surface area contributed by atoms with E-state index in [1.165, 1.54) is 0 Å². The van der Waals surface area contributed by atoms with Gasteiger partial charge >= 0.3 is 0 Å². The van der Waals surface area contributed by atoms with Crippen molar-refractivity contribution in [2.75, 3.05) is 38.5 Å². The number of aromatic amines is 1. The Labute approximate surface area is 373 Å². The van der Waals surface area contributed by atoms with Gasteiger partial charge in [0, 0.05) is 109 Å². The number of carbonyl (C=O) groups is 4. The van der Waals surface area contributed by atoms with Gasteiger partial charge in [-0.25, -0.2) is 4.98 Å². The van der Waals surface area contributed by atoms with Crippen molar-refractivity contribution in [1.82, 2.24) is 45.6 Å². The summed E-state index contributed by atoms with van der Waals surface area (Å²) in [5.74, 6) is -0.485. The number of H-pyrrole nitrogens is 1. The number of nitrogens with two attached hydrogens (primary N) is 1. The second-order valence-corrected chi connectivity index (χ2v) is 15.9. The molecule has 63 heavy (non-hydrogen) atoms. The predicted molar refractivity (Wildman–Crippen MR) is 241 cm³/mol. The first-order valence-electron chi connectivity index (χ1n) is 20.7. The molecular weight excluding hydrogens is 847 g/mol. The van der Waals surface area contributed by atoms with Gasteiger partial charge in [0.15, 0.2) is 0 Å². The van der Waals surface area contributed by atoms with Gasteiger partial charge in [0.1, 0.15) is 23.9 Å². The summed E-state index contributed by atoms with van der Waals surface area (Å²) in [5.41, 5.74) is 14.7. The molecule has 7 rings (SSSR count). The number of unbranched alkanes of at least 4 members (excludes halogenated alkanes) is 1. The zero-order valence-corrected chi connectivity index (χ0v) is 36.2. The largest absolute Gasteiger partial charge is 0.508 e. The number of carbonyl (C=O) groups excluding carboxylic acids is 4. The second-order valence-electron chi connectivity index (χ2n) is 15.1. The Hall–Kier alpha value is -6.49. The highest BCUT2D eigenvalue weighted by Crippen LogP contribution is 2.42. The third-order valence-corrected chi connectivity index (χ3v) is 11.8. The minimum absolute atomic E-state index is 0.131. The number of hydrogen-bond donors (Lipinski definition) is 7. The van der Waals surface area contributed by atoms with Crippen LogP contribution in [-0.2, 0) is 40.3 Å². The summed E-state index contributed by atoms with van der Waals surface area (Å²) in [7, 11) is 0. The Morgan fingerprint density at radius 2 is 1.60 bits per heavy atom. The monoisotopic (exact) mass is 894 g/mol. The lowest BCUT2D eigenvalue weighted by molar-refractivity contribution is -0.135. The third kappa shape index (κ3) is 10.3. The molecule has 0 bridgehead atoms. The normalized spacial score (nSPS) is 12.3. The molecule has 4 amide bonds. The molecule has 0 unspecified atom stereocenters. The topological polar surface area (TPSA) is 233 Å². The number of aliphatic hydroxyl groups excluding tert-OH is 1. The van der Waals surface area contributed by atoms with Crippen LogP contribution in [0.5, 0.6) is 5.75 Å². The van der Waals surface area contributed by atoms with E-state index in [9.17, 15) is 29.4 Å². The number of anilines is 1. The van der Waals surface area contributed by atoms with E-state index in [1.54, 1.807) is 64.4 Å². The molecule has 1 aliphatic rings. The number of phenolic OH excluding ortho intramolecular Hbond substituents is 1. The number of pyridine rings is 2. The van der Waals surface area contributed by atoms with Crippen molar-refractivity contribution in [3.05, 3.63) is 99.7 Å². The lowest BCUT2D eigenvalue weighted by Crippen LogP contribution is -2.37. The average molecular weight is 896 g/mol. The number of nitrogens with one attached hydrogen (secondary N) is 4. The Balaban J connectivity index is 0.806. The molecule has 8 N–H and O–H groups in total. The summed E-state index contributed by atoms with van der Waals surface area (Å²) in [5, 5.41) is 33.9. The lowest BCUT2D eigenvalue weighted by Gasteiger charge is -2.26. The molecule has 328 valence electrons. The van der Waals surface area contributed by atoms with Crippen molar-refractivity contribution in [3.8, 4) is 39.3 Å². The van der Waals surface area contributed by atoms with Gasteiger partial charge in [-0.3, -0.25) is 28.8 Å². The maximum Gasteiger partial charge on any atom is 0.269 e. The van der Waals surface area contributed by atoms with Gasteiger partial charge in [-0.1, -0.05) is 48.3 Å². The van der Waals surface area contributed by atoms with Crippen LogP contribution in [0.3, 0.4) is 0 Å². The molecule has 0 spiro atoms. The Morgan fingerprint density at radius 1 is 0.889 bits per heavy atom. The molecule has 0 atom stereocenters. The molecule has 1 aliphatic heterocycles. The van der Waals surface area contributed by atoms with Crippen molar-refractivity contribution in [1.29, 1.82) is 0 Å². The number of nitrogens with zero attached hydrogens (tertiary/aromatic N) is 5. The zero-order chi connectivity index (χ0) is 44.6. The number of aromatic hydroxyl groups is 1. The molecule has 5 heterocycles. The molecule has 18 heteroatoms. The molecule has 4 aromatic heterocycles. The maximum absolute atomic E-state index is 12.8. The average Bonchev–Trinajstić information content (AvgIpc) is 3.93. The highest BCUT2D eigenvalue weighted by atomic mass is 35.5. The fraction of sp³-hybridized carbons (Fsp3) is 0.311. The minimum atomic E-state index is -0.559. The number of fused-ring (bicyclic) bond motifs is 3. The molecule has 16 nitrogen and oxygen atoms in total. The van der Waals surface area contributed by atoms with E-state index in [0.29, 0.717) is 78.9 Å². The number of phenols is 1. The van der Waals surface area contributed by atoms with Crippen LogP contribution < -0.4 is 21.7 Å². The first-order valence-corrected chi connectivity index (χ1v) is 21.5. The fourth-order valence-corrected chi connectivity index (χ4v) is 8.23. The van der Waals surface area contributed by atoms with Crippen molar-refractivity contribution in [2.45, 2.75) is 58.5 Å². The summed E-state index contributed by atoms with van der Waals surface area (Å²) in [6.07, 6.45) is 7.95. The number of aromatic nitrogens is 5. The predicted octanol–water partition coefficient (Wildman–Crippen LogP) is 5.41. The molecule has 0 saturated heterocycles. The molecule has 6 aromatic rings. The van der Waals surface area contributed by atoms with Crippen molar-refractivity contribution >= 4 is 63.6 Å². The van der Waals surface area contributed by atoms with Gasteiger partial charge in [-0.2, -0.15) is 5.10 Å². The maximum atomic E-state index is 12.8. The third-order valence-electron chi connectivity index (χ3n) is 11.0. The quantitative estimate of drug-likeness (QED) is 0.0575.